The van der Waals surface area contributed by atoms with E-state index in [1.54, 1.807) is 13.0 Å². The topological polar surface area (TPSA) is 91.8 Å². The number of thiazole rings is 1. The molecule has 2 aromatic rings. The lowest BCUT2D eigenvalue weighted by atomic mass is 9.90. The summed E-state index contributed by atoms with van der Waals surface area (Å²) < 4.78 is 6.30. The maximum absolute atomic E-state index is 12.5. The number of nitrogens with one attached hydrogen (secondary N) is 1. The van der Waals surface area contributed by atoms with Crippen LogP contribution in [-0.2, 0) is 4.79 Å². The second kappa shape index (κ2) is 5.94. The number of carboxylic acids is 1. The summed E-state index contributed by atoms with van der Waals surface area (Å²) in [5.74, 6) is -0.349. The molecule has 1 fully saturated rings. The van der Waals surface area contributed by atoms with E-state index in [9.17, 15) is 14.7 Å². The second-order valence-corrected chi connectivity index (χ2v) is 7.46. The Balaban J connectivity index is 1.81. The van der Waals surface area contributed by atoms with E-state index in [1.807, 2.05) is 13.0 Å². The van der Waals surface area contributed by atoms with Crippen LogP contribution in [0, 0.1) is 12.3 Å². The standard InChI is InChI=1S/C16H19N3O4S/c1-9-17-11-6-12(23-3)10(7-13(11)24-9)18-15(22)19-5-4-16(2,8-19)14(20)21/h6-7H,4-5,8H2,1-3H3,(H,18,22)(H,20,21). The van der Waals surface area contributed by atoms with Gasteiger partial charge in [0.15, 0.2) is 0 Å². The maximum atomic E-state index is 12.5. The van der Waals surface area contributed by atoms with Crippen molar-refractivity contribution in [3.05, 3.63) is 17.1 Å². The van der Waals surface area contributed by atoms with Crippen molar-refractivity contribution >= 4 is 39.2 Å². The lowest BCUT2D eigenvalue weighted by Gasteiger charge is -2.21. The van der Waals surface area contributed by atoms with Gasteiger partial charge in [-0.2, -0.15) is 0 Å². The summed E-state index contributed by atoms with van der Waals surface area (Å²) in [6.45, 7) is 4.19. The first kappa shape index (κ1) is 16.5. The fraction of sp³-hybridized carbons (Fsp3) is 0.438. The van der Waals surface area contributed by atoms with Gasteiger partial charge in [-0.1, -0.05) is 0 Å². The van der Waals surface area contributed by atoms with Crippen LogP contribution in [0.4, 0.5) is 10.5 Å². The van der Waals surface area contributed by atoms with Crippen LogP contribution in [0.25, 0.3) is 10.2 Å². The molecule has 128 valence electrons. The van der Waals surface area contributed by atoms with Gasteiger partial charge in [0.05, 0.1) is 33.4 Å². The van der Waals surface area contributed by atoms with E-state index >= 15 is 0 Å². The second-order valence-electron chi connectivity index (χ2n) is 6.22. The number of urea groups is 1. The van der Waals surface area contributed by atoms with E-state index in [2.05, 4.69) is 10.3 Å². The molecule has 2 amide bonds. The monoisotopic (exact) mass is 349 g/mol. The summed E-state index contributed by atoms with van der Waals surface area (Å²) in [5, 5.41) is 13.0. The first-order valence-corrected chi connectivity index (χ1v) is 8.38. The number of amides is 2. The molecular formula is C16H19N3O4S. The summed E-state index contributed by atoms with van der Waals surface area (Å²) >= 11 is 1.54. The van der Waals surface area contributed by atoms with Gasteiger partial charge in [-0.05, 0) is 26.3 Å². The molecule has 1 unspecified atom stereocenters. The number of carbonyl (C=O) groups excluding carboxylic acids is 1. The van der Waals surface area contributed by atoms with E-state index in [0.29, 0.717) is 24.4 Å². The highest BCUT2D eigenvalue weighted by molar-refractivity contribution is 7.18. The van der Waals surface area contributed by atoms with Crippen LogP contribution in [0.2, 0.25) is 0 Å². The molecule has 2 heterocycles. The molecule has 1 aromatic carbocycles. The lowest BCUT2D eigenvalue weighted by Crippen LogP contribution is -2.37. The summed E-state index contributed by atoms with van der Waals surface area (Å²) in [6, 6.07) is 3.31. The van der Waals surface area contributed by atoms with Crippen LogP contribution in [0.1, 0.15) is 18.4 Å². The number of carboxylic acid groups (broad SMARTS) is 1. The van der Waals surface area contributed by atoms with Gasteiger partial charge < -0.3 is 20.1 Å². The quantitative estimate of drug-likeness (QED) is 0.889. The molecule has 2 N–H and O–H groups in total. The van der Waals surface area contributed by atoms with Crippen LogP contribution in [0.15, 0.2) is 12.1 Å². The summed E-state index contributed by atoms with van der Waals surface area (Å²) in [5.41, 5.74) is 0.495. The molecule has 1 aliphatic rings. The Morgan fingerprint density at radius 2 is 2.21 bits per heavy atom. The molecule has 0 saturated carbocycles. The Labute approximate surface area is 143 Å². The third kappa shape index (κ3) is 2.89. The minimum Gasteiger partial charge on any atom is -0.494 e. The van der Waals surface area contributed by atoms with Crippen LogP contribution >= 0.6 is 11.3 Å². The minimum absolute atomic E-state index is 0.193. The molecule has 24 heavy (non-hydrogen) atoms. The van der Waals surface area contributed by atoms with Gasteiger partial charge in [0.25, 0.3) is 0 Å². The number of methoxy groups -OCH3 is 1. The Kier molecular flexibility index (Phi) is 4.08. The largest absolute Gasteiger partial charge is 0.494 e. The molecular weight excluding hydrogens is 330 g/mol. The maximum Gasteiger partial charge on any atom is 0.321 e. The van der Waals surface area contributed by atoms with Crippen molar-refractivity contribution in [2.45, 2.75) is 20.3 Å². The third-order valence-electron chi connectivity index (χ3n) is 4.34. The number of carbonyl (C=O) groups is 2. The predicted molar refractivity (Wildman–Crippen MR) is 91.9 cm³/mol. The Bertz CT molecular complexity index is 819. The van der Waals surface area contributed by atoms with Crippen LogP contribution in [-0.4, -0.2) is 47.2 Å². The van der Waals surface area contributed by atoms with Crippen molar-refractivity contribution in [2.24, 2.45) is 5.41 Å². The van der Waals surface area contributed by atoms with E-state index < -0.39 is 11.4 Å². The molecule has 0 radical (unpaired) electrons. The Morgan fingerprint density at radius 3 is 2.83 bits per heavy atom. The highest BCUT2D eigenvalue weighted by atomic mass is 32.1. The highest BCUT2D eigenvalue weighted by Gasteiger charge is 2.42. The van der Waals surface area contributed by atoms with Gasteiger partial charge in [0, 0.05) is 19.2 Å². The fourth-order valence-corrected chi connectivity index (χ4v) is 3.69. The van der Waals surface area contributed by atoms with Crippen molar-refractivity contribution in [1.82, 2.24) is 9.88 Å². The van der Waals surface area contributed by atoms with Crippen molar-refractivity contribution in [3.8, 4) is 5.75 Å². The first-order chi connectivity index (χ1) is 11.3. The number of rotatable bonds is 3. The van der Waals surface area contributed by atoms with Crippen molar-refractivity contribution < 1.29 is 19.4 Å². The van der Waals surface area contributed by atoms with Gasteiger partial charge in [-0.3, -0.25) is 4.79 Å². The van der Waals surface area contributed by atoms with Gasteiger partial charge in [-0.15, -0.1) is 11.3 Å². The molecule has 7 nitrogen and oxygen atoms in total. The third-order valence-corrected chi connectivity index (χ3v) is 5.27. The Hall–Kier alpha value is -2.35. The average Bonchev–Trinajstić information content (AvgIpc) is 3.09. The van der Waals surface area contributed by atoms with Gasteiger partial charge in [0.2, 0.25) is 0 Å². The Morgan fingerprint density at radius 1 is 1.46 bits per heavy atom. The predicted octanol–water partition coefficient (Wildman–Crippen LogP) is 2.94. The first-order valence-electron chi connectivity index (χ1n) is 7.57. The zero-order valence-electron chi connectivity index (χ0n) is 13.8. The summed E-state index contributed by atoms with van der Waals surface area (Å²) in [6.07, 6.45) is 0.444. The van der Waals surface area contributed by atoms with Gasteiger partial charge >= 0.3 is 12.0 Å². The van der Waals surface area contributed by atoms with E-state index in [0.717, 1.165) is 15.2 Å². The molecule has 0 bridgehead atoms. The molecule has 8 heteroatoms. The summed E-state index contributed by atoms with van der Waals surface area (Å²) in [4.78, 5) is 29.7. The molecule has 1 saturated heterocycles. The number of hydrogen-bond donors (Lipinski definition) is 2. The number of aryl methyl sites for hydroxylation is 1. The number of likely N-dealkylation sites (tertiary alicyclic amines) is 1. The lowest BCUT2D eigenvalue weighted by molar-refractivity contribution is -0.146. The number of hydrogen-bond acceptors (Lipinski definition) is 5. The van der Waals surface area contributed by atoms with E-state index in [1.165, 1.54) is 23.3 Å². The van der Waals surface area contributed by atoms with Crippen LogP contribution in [0.5, 0.6) is 5.75 Å². The average molecular weight is 349 g/mol. The molecule has 1 aromatic heterocycles. The number of ether oxygens (including phenoxy) is 1. The molecule has 3 rings (SSSR count). The van der Waals surface area contributed by atoms with E-state index in [-0.39, 0.29) is 12.6 Å². The van der Waals surface area contributed by atoms with E-state index in [4.69, 9.17) is 4.74 Å². The van der Waals surface area contributed by atoms with Crippen LogP contribution < -0.4 is 10.1 Å². The minimum atomic E-state index is -0.889. The highest BCUT2D eigenvalue weighted by Crippen LogP contribution is 2.34. The van der Waals surface area contributed by atoms with Crippen LogP contribution in [0.3, 0.4) is 0 Å². The van der Waals surface area contributed by atoms with Gasteiger partial charge in [0.1, 0.15) is 5.75 Å². The molecule has 0 spiro atoms. The zero-order chi connectivity index (χ0) is 17.5. The smallest absolute Gasteiger partial charge is 0.321 e. The summed E-state index contributed by atoms with van der Waals surface area (Å²) in [7, 11) is 1.54. The zero-order valence-corrected chi connectivity index (χ0v) is 14.6. The molecule has 1 atom stereocenters. The van der Waals surface area contributed by atoms with Crippen molar-refractivity contribution in [3.63, 3.8) is 0 Å². The number of aromatic nitrogens is 1. The normalized spacial score (nSPS) is 20.4. The number of fused-ring (bicyclic) bond motifs is 1. The van der Waals surface area contributed by atoms with Crippen molar-refractivity contribution in [1.29, 1.82) is 0 Å². The molecule has 1 aliphatic heterocycles. The van der Waals surface area contributed by atoms with Gasteiger partial charge in [-0.25, -0.2) is 9.78 Å². The van der Waals surface area contributed by atoms with Crippen molar-refractivity contribution in [2.75, 3.05) is 25.5 Å². The SMILES string of the molecule is COc1cc2nc(C)sc2cc1NC(=O)N1CCC(C)(C(=O)O)C1. The fourth-order valence-electron chi connectivity index (χ4n) is 2.84. The molecule has 0 aliphatic carbocycles. The number of nitrogens with zero attached hydrogens (tertiary/aromatic N) is 2. The number of benzene rings is 1. The number of anilines is 1. The number of aliphatic carboxylic acids is 1.